The van der Waals surface area contributed by atoms with Gasteiger partial charge in [0, 0.05) is 18.7 Å². The van der Waals surface area contributed by atoms with Crippen molar-refractivity contribution in [2.45, 2.75) is 13.0 Å². The lowest BCUT2D eigenvalue weighted by Crippen LogP contribution is -2.43. The Labute approximate surface area is 107 Å². The van der Waals surface area contributed by atoms with Crippen molar-refractivity contribution in [2.24, 2.45) is 0 Å². The molecule has 0 aliphatic heterocycles. The summed E-state index contributed by atoms with van der Waals surface area (Å²) in [6.07, 6.45) is 0. The van der Waals surface area contributed by atoms with Crippen LogP contribution in [0.5, 0.6) is 0 Å². The van der Waals surface area contributed by atoms with E-state index in [1.54, 1.807) is 0 Å². The number of nitrogens with zero attached hydrogens (tertiary/aromatic N) is 1. The number of hydrogen-bond acceptors (Lipinski definition) is 4. The molecule has 1 aromatic rings. The smallest absolute Gasteiger partial charge is 0.305 e. The number of carbonyl (C=O) groups is 2. The van der Waals surface area contributed by atoms with Gasteiger partial charge < -0.3 is 10.6 Å². The first kappa shape index (κ1) is 14.6. The first-order chi connectivity index (χ1) is 8.86. The molecule has 7 nitrogen and oxygen atoms in total. The van der Waals surface area contributed by atoms with Gasteiger partial charge in [0.25, 0.3) is 5.91 Å². The van der Waals surface area contributed by atoms with E-state index < -0.39 is 34.3 Å². The van der Waals surface area contributed by atoms with Crippen molar-refractivity contribution in [3.63, 3.8) is 0 Å². The average molecular weight is 269 g/mol. The summed E-state index contributed by atoms with van der Waals surface area (Å²) in [5, 5.41) is 15.2. The number of likely N-dealkylation sites (N-methyl/N-ethyl adjacent to an activating group) is 1. The van der Waals surface area contributed by atoms with Gasteiger partial charge in [-0.15, -0.1) is 0 Å². The van der Waals surface area contributed by atoms with Crippen LogP contribution in [0, 0.1) is 15.9 Å². The molecule has 0 spiro atoms. The van der Waals surface area contributed by atoms with Gasteiger partial charge in [-0.3, -0.25) is 19.7 Å². The maximum Gasteiger partial charge on any atom is 0.305 e. The quantitative estimate of drug-likeness (QED) is 0.617. The van der Waals surface area contributed by atoms with Crippen molar-refractivity contribution in [3.8, 4) is 0 Å². The van der Waals surface area contributed by atoms with E-state index in [2.05, 4.69) is 10.6 Å². The number of amides is 2. The molecule has 19 heavy (non-hydrogen) atoms. The van der Waals surface area contributed by atoms with Crippen LogP contribution in [0.2, 0.25) is 0 Å². The molecule has 1 atom stereocenters. The van der Waals surface area contributed by atoms with Crippen LogP contribution in [0.3, 0.4) is 0 Å². The fraction of sp³-hybridized carbons (Fsp3) is 0.273. The molecule has 2 N–H and O–H groups in total. The molecule has 0 aliphatic carbocycles. The Balaban J connectivity index is 2.92. The van der Waals surface area contributed by atoms with Gasteiger partial charge in [-0.2, -0.15) is 4.39 Å². The number of nitrogens with one attached hydrogen (secondary N) is 2. The molecule has 0 fully saturated rings. The normalized spacial score (nSPS) is 11.5. The molecule has 0 heterocycles. The summed E-state index contributed by atoms with van der Waals surface area (Å²) in [5.41, 5.74) is -0.885. The van der Waals surface area contributed by atoms with E-state index in [0.29, 0.717) is 0 Å². The van der Waals surface area contributed by atoms with Crippen LogP contribution in [-0.2, 0) is 4.79 Å². The summed E-state index contributed by atoms with van der Waals surface area (Å²) in [6.45, 7) is 1.45. The molecule has 0 saturated heterocycles. The molecule has 0 bridgehead atoms. The minimum Gasteiger partial charge on any atom is -0.357 e. The van der Waals surface area contributed by atoms with Crippen molar-refractivity contribution in [1.29, 1.82) is 0 Å². The molecule has 102 valence electrons. The highest BCUT2D eigenvalue weighted by Gasteiger charge is 2.20. The van der Waals surface area contributed by atoms with Crippen molar-refractivity contribution in [1.82, 2.24) is 10.6 Å². The van der Waals surface area contributed by atoms with E-state index >= 15 is 0 Å². The number of nitro benzene ring substituents is 1. The van der Waals surface area contributed by atoms with Gasteiger partial charge in [0.05, 0.1) is 4.92 Å². The molecular weight excluding hydrogens is 257 g/mol. The minimum absolute atomic E-state index is 0.0937. The Kier molecular flexibility index (Phi) is 4.51. The van der Waals surface area contributed by atoms with Crippen LogP contribution >= 0.6 is 0 Å². The van der Waals surface area contributed by atoms with E-state index in [1.165, 1.54) is 14.0 Å². The lowest BCUT2D eigenvalue weighted by atomic mass is 10.1. The Bertz CT molecular complexity index is 533. The highest BCUT2D eigenvalue weighted by atomic mass is 19.1. The molecule has 0 aromatic heterocycles. The van der Waals surface area contributed by atoms with Crippen molar-refractivity contribution >= 4 is 17.5 Å². The summed E-state index contributed by atoms with van der Waals surface area (Å²) < 4.78 is 13.1. The standard InChI is InChI=1S/C11H12FN3O4/c1-6(10(16)13-2)14-11(17)7-3-4-8(12)9(5-7)15(18)19/h3-6H,1-2H3,(H,13,16)(H,14,17). The van der Waals surface area contributed by atoms with Gasteiger partial charge in [-0.1, -0.05) is 0 Å². The van der Waals surface area contributed by atoms with E-state index in [9.17, 15) is 24.1 Å². The molecule has 0 saturated carbocycles. The van der Waals surface area contributed by atoms with Gasteiger partial charge in [-0.25, -0.2) is 0 Å². The van der Waals surface area contributed by atoms with Crippen LogP contribution < -0.4 is 10.6 Å². The molecule has 1 unspecified atom stereocenters. The Morgan fingerprint density at radius 2 is 2.05 bits per heavy atom. The largest absolute Gasteiger partial charge is 0.357 e. The predicted octanol–water partition coefficient (Wildman–Crippen LogP) is 0.598. The second-order valence-corrected chi connectivity index (χ2v) is 3.73. The van der Waals surface area contributed by atoms with Gasteiger partial charge in [0.15, 0.2) is 0 Å². The summed E-state index contributed by atoms with van der Waals surface area (Å²) >= 11 is 0. The fourth-order valence-corrected chi connectivity index (χ4v) is 1.36. The van der Waals surface area contributed by atoms with E-state index in [1.807, 2.05) is 0 Å². The van der Waals surface area contributed by atoms with E-state index in [0.717, 1.165) is 18.2 Å². The first-order valence-corrected chi connectivity index (χ1v) is 5.33. The van der Waals surface area contributed by atoms with Crippen LogP contribution in [0.15, 0.2) is 18.2 Å². The van der Waals surface area contributed by atoms with Crippen LogP contribution in [0.4, 0.5) is 10.1 Å². The number of rotatable bonds is 4. The minimum atomic E-state index is -1.03. The van der Waals surface area contributed by atoms with Crippen LogP contribution in [-0.4, -0.2) is 29.8 Å². The molecule has 8 heteroatoms. The van der Waals surface area contributed by atoms with Crippen molar-refractivity contribution in [3.05, 3.63) is 39.7 Å². The lowest BCUT2D eigenvalue weighted by Gasteiger charge is -2.12. The van der Waals surface area contributed by atoms with Crippen molar-refractivity contribution in [2.75, 3.05) is 7.05 Å². The average Bonchev–Trinajstić information content (AvgIpc) is 2.37. The third-order valence-corrected chi connectivity index (χ3v) is 2.39. The Morgan fingerprint density at radius 1 is 1.42 bits per heavy atom. The molecule has 1 rings (SSSR count). The zero-order chi connectivity index (χ0) is 14.6. The van der Waals surface area contributed by atoms with Gasteiger partial charge in [0.2, 0.25) is 11.7 Å². The van der Waals surface area contributed by atoms with E-state index in [-0.39, 0.29) is 5.56 Å². The number of halogens is 1. The topological polar surface area (TPSA) is 101 Å². The van der Waals surface area contributed by atoms with Crippen LogP contribution in [0.1, 0.15) is 17.3 Å². The Morgan fingerprint density at radius 3 is 2.58 bits per heavy atom. The number of benzene rings is 1. The lowest BCUT2D eigenvalue weighted by molar-refractivity contribution is -0.387. The maximum absolute atomic E-state index is 13.1. The molecule has 2 amide bonds. The zero-order valence-electron chi connectivity index (χ0n) is 10.3. The molecule has 0 radical (unpaired) electrons. The van der Waals surface area contributed by atoms with Gasteiger partial charge >= 0.3 is 5.69 Å². The summed E-state index contributed by atoms with van der Waals surface area (Å²) in [7, 11) is 1.41. The predicted molar refractivity (Wildman–Crippen MR) is 64.0 cm³/mol. The monoisotopic (exact) mass is 269 g/mol. The second kappa shape index (κ2) is 5.89. The number of nitro groups is 1. The maximum atomic E-state index is 13.1. The number of hydrogen-bond donors (Lipinski definition) is 2. The van der Waals surface area contributed by atoms with Gasteiger partial charge in [-0.05, 0) is 19.1 Å². The Hall–Kier alpha value is -2.51. The van der Waals surface area contributed by atoms with Crippen molar-refractivity contribution < 1.29 is 18.9 Å². The summed E-state index contributed by atoms with van der Waals surface area (Å²) in [6, 6.07) is 1.95. The summed E-state index contributed by atoms with van der Waals surface area (Å²) in [4.78, 5) is 32.6. The highest BCUT2D eigenvalue weighted by molar-refractivity contribution is 5.97. The number of carbonyl (C=O) groups excluding carboxylic acids is 2. The SMILES string of the molecule is CNC(=O)C(C)NC(=O)c1ccc(F)c([N+](=O)[O-])c1. The molecule has 1 aromatic carbocycles. The van der Waals surface area contributed by atoms with Crippen LogP contribution in [0.25, 0.3) is 0 Å². The zero-order valence-corrected chi connectivity index (χ0v) is 10.3. The third kappa shape index (κ3) is 3.47. The molecule has 0 aliphatic rings. The van der Waals surface area contributed by atoms with E-state index in [4.69, 9.17) is 0 Å². The summed E-state index contributed by atoms with van der Waals surface area (Å²) in [5.74, 6) is -2.13. The highest BCUT2D eigenvalue weighted by Crippen LogP contribution is 2.18. The van der Waals surface area contributed by atoms with Gasteiger partial charge in [0.1, 0.15) is 6.04 Å². The third-order valence-electron chi connectivity index (χ3n) is 2.39. The molecular formula is C11H12FN3O4. The second-order valence-electron chi connectivity index (χ2n) is 3.73. The fourth-order valence-electron chi connectivity index (χ4n) is 1.36. The first-order valence-electron chi connectivity index (χ1n) is 5.33.